The molecule has 0 heterocycles. The van der Waals surface area contributed by atoms with Crippen molar-refractivity contribution in [3.05, 3.63) is 34.9 Å². The maximum absolute atomic E-state index is 11.7. The molecule has 2 amide bonds. The fraction of sp³-hybridized carbons (Fsp3) is 0.429. The van der Waals surface area contributed by atoms with Crippen LogP contribution < -0.4 is 10.6 Å². The van der Waals surface area contributed by atoms with Crippen LogP contribution in [0, 0.1) is 0 Å². The van der Waals surface area contributed by atoms with Crippen LogP contribution in [0.1, 0.15) is 36.5 Å². The molecule has 0 bridgehead atoms. The summed E-state index contributed by atoms with van der Waals surface area (Å²) in [4.78, 5) is 23.0. The monoisotopic (exact) mass is 282 g/mol. The summed E-state index contributed by atoms with van der Waals surface area (Å²) in [7, 11) is 0. The van der Waals surface area contributed by atoms with Crippen LogP contribution >= 0.6 is 11.6 Å². The van der Waals surface area contributed by atoms with Crippen molar-refractivity contribution < 1.29 is 9.59 Å². The summed E-state index contributed by atoms with van der Waals surface area (Å²) < 4.78 is 0. The molecule has 19 heavy (non-hydrogen) atoms. The van der Waals surface area contributed by atoms with Crippen LogP contribution in [0.2, 0.25) is 5.02 Å². The summed E-state index contributed by atoms with van der Waals surface area (Å²) in [5.74, 6) is -0.137. The molecule has 0 aromatic heterocycles. The number of carbonyl (C=O) groups excluding carboxylic acids is 2. The van der Waals surface area contributed by atoms with Gasteiger partial charge in [-0.3, -0.25) is 9.59 Å². The van der Waals surface area contributed by atoms with Gasteiger partial charge >= 0.3 is 0 Å². The van der Waals surface area contributed by atoms with E-state index >= 15 is 0 Å². The molecule has 0 atom stereocenters. The molecule has 0 saturated heterocycles. The Morgan fingerprint density at radius 2 is 1.74 bits per heavy atom. The first-order valence-corrected chi connectivity index (χ1v) is 6.81. The average Bonchev–Trinajstić information content (AvgIpc) is 2.41. The molecule has 2 N–H and O–H groups in total. The normalized spacial score (nSPS) is 10.0. The van der Waals surface area contributed by atoms with Crippen molar-refractivity contribution in [1.29, 1.82) is 0 Å². The molecule has 0 saturated carbocycles. The summed E-state index contributed by atoms with van der Waals surface area (Å²) in [6.45, 7) is 2.90. The van der Waals surface area contributed by atoms with Crippen LogP contribution in [0.4, 0.5) is 0 Å². The minimum Gasteiger partial charge on any atom is -0.354 e. The lowest BCUT2D eigenvalue weighted by Crippen LogP contribution is -2.34. The number of rotatable bonds is 7. The highest BCUT2D eigenvalue weighted by atomic mass is 35.5. The standard InChI is InChI=1S/C14H19ClN2O2/c1-2-3-4-13(18)16-9-10-17-14(19)11-5-7-12(15)8-6-11/h5-8H,2-4,9-10H2,1H3,(H,16,18)(H,17,19). The third kappa shape index (κ3) is 6.25. The maximum atomic E-state index is 11.7. The van der Waals surface area contributed by atoms with E-state index in [1.165, 1.54) is 0 Å². The van der Waals surface area contributed by atoms with E-state index in [0.29, 0.717) is 30.1 Å². The van der Waals surface area contributed by atoms with Crippen molar-refractivity contribution in [1.82, 2.24) is 10.6 Å². The average molecular weight is 283 g/mol. The topological polar surface area (TPSA) is 58.2 Å². The molecule has 0 aliphatic carbocycles. The van der Waals surface area contributed by atoms with Crippen molar-refractivity contribution in [2.75, 3.05) is 13.1 Å². The predicted molar refractivity (Wildman–Crippen MR) is 76.3 cm³/mol. The van der Waals surface area contributed by atoms with Crippen molar-refractivity contribution in [3.63, 3.8) is 0 Å². The lowest BCUT2D eigenvalue weighted by Gasteiger charge is -2.07. The van der Waals surface area contributed by atoms with Crippen molar-refractivity contribution in [2.24, 2.45) is 0 Å². The summed E-state index contributed by atoms with van der Waals surface area (Å²) in [5.41, 5.74) is 0.557. The van der Waals surface area contributed by atoms with Gasteiger partial charge in [-0.15, -0.1) is 0 Å². The number of hydrogen-bond acceptors (Lipinski definition) is 2. The van der Waals surface area contributed by atoms with Gasteiger partial charge in [0.25, 0.3) is 5.91 Å². The van der Waals surface area contributed by atoms with Gasteiger partial charge in [-0.25, -0.2) is 0 Å². The number of unbranched alkanes of at least 4 members (excludes halogenated alkanes) is 1. The summed E-state index contributed by atoms with van der Waals surface area (Å²) in [6.07, 6.45) is 2.44. The van der Waals surface area contributed by atoms with Crippen LogP contribution in [0.3, 0.4) is 0 Å². The highest BCUT2D eigenvalue weighted by molar-refractivity contribution is 6.30. The lowest BCUT2D eigenvalue weighted by molar-refractivity contribution is -0.121. The fourth-order valence-corrected chi connectivity index (χ4v) is 1.63. The number of benzene rings is 1. The second kappa shape index (κ2) is 8.53. The second-order valence-corrected chi connectivity index (χ2v) is 4.65. The van der Waals surface area contributed by atoms with Crippen LogP contribution in [-0.2, 0) is 4.79 Å². The van der Waals surface area contributed by atoms with Crippen LogP contribution in [0.15, 0.2) is 24.3 Å². The lowest BCUT2D eigenvalue weighted by atomic mass is 10.2. The van der Waals surface area contributed by atoms with E-state index in [1.807, 2.05) is 6.92 Å². The second-order valence-electron chi connectivity index (χ2n) is 4.22. The van der Waals surface area contributed by atoms with Gasteiger partial charge in [-0.2, -0.15) is 0 Å². The summed E-state index contributed by atoms with van der Waals surface area (Å²) in [6, 6.07) is 6.67. The highest BCUT2D eigenvalue weighted by Crippen LogP contribution is 2.09. The summed E-state index contributed by atoms with van der Waals surface area (Å²) in [5, 5.41) is 6.09. The molecule has 1 aromatic carbocycles. The zero-order valence-electron chi connectivity index (χ0n) is 11.0. The Bertz CT molecular complexity index is 418. The molecule has 0 unspecified atom stereocenters. The molecule has 0 spiro atoms. The Balaban J connectivity index is 2.20. The summed E-state index contributed by atoms with van der Waals surface area (Å²) >= 11 is 5.74. The van der Waals surface area contributed by atoms with E-state index in [9.17, 15) is 9.59 Å². The number of hydrogen-bond donors (Lipinski definition) is 2. The van der Waals surface area contributed by atoms with Gasteiger partial charge < -0.3 is 10.6 Å². The molecular formula is C14H19ClN2O2. The molecule has 5 heteroatoms. The first-order valence-electron chi connectivity index (χ1n) is 6.44. The molecule has 0 fully saturated rings. The molecule has 1 rings (SSSR count). The molecule has 4 nitrogen and oxygen atoms in total. The van der Waals surface area contributed by atoms with Gasteiger partial charge in [0.05, 0.1) is 0 Å². The Kier molecular flexibility index (Phi) is 6.97. The van der Waals surface area contributed by atoms with E-state index < -0.39 is 0 Å². The number of carbonyl (C=O) groups is 2. The Morgan fingerprint density at radius 3 is 2.37 bits per heavy atom. The van der Waals surface area contributed by atoms with Crippen molar-refractivity contribution >= 4 is 23.4 Å². The van der Waals surface area contributed by atoms with Gasteiger partial charge in [0.1, 0.15) is 0 Å². The third-order valence-electron chi connectivity index (χ3n) is 2.60. The van der Waals surface area contributed by atoms with Gasteiger partial charge in [-0.05, 0) is 30.7 Å². The van der Waals surface area contributed by atoms with Gasteiger partial charge in [-0.1, -0.05) is 24.9 Å². The first-order chi connectivity index (χ1) is 9.13. The number of amides is 2. The Labute approximate surface area is 118 Å². The van der Waals surface area contributed by atoms with Crippen LogP contribution in [0.5, 0.6) is 0 Å². The van der Waals surface area contributed by atoms with Gasteiger partial charge in [0.15, 0.2) is 0 Å². The Hall–Kier alpha value is -1.55. The highest BCUT2D eigenvalue weighted by Gasteiger charge is 2.04. The number of nitrogens with one attached hydrogen (secondary N) is 2. The minimum atomic E-state index is -0.167. The third-order valence-corrected chi connectivity index (χ3v) is 2.85. The van der Waals surface area contributed by atoms with Crippen molar-refractivity contribution in [2.45, 2.75) is 26.2 Å². The van der Waals surface area contributed by atoms with E-state index in [2.05, 4.69) is 10.6 Å². The van der Waals surface area contributed by atoms with E-state index in [1.54, 1.807) is 24.3 Å². The maximum Gasteiger partial charge on any atom is 0.251 e. The zero-order valence-corrected chi connectivity index (χ0v) is 11.8. The van der Waals surface area contributed by atoms with Crippen molar-refractivity contribution in [3.8, 4) is 0 Å². The largest absolute Gasteiger partial charge is 0.354 e. The Morgan fingerprint density at radius 1 is 1.11 bits per heavy atom. The van der Waals surface area contributed by atoms with Crippen LogP contribution in [0.25, 0.3) is 0 Å². The molecule has 0 aliphatic rings. The molecule has 0 aliphatic heterocycles. The minimum absolute atomic E-state index is 0.0302. The zero-order chi connectivity index (χ0) is 14.1. The van der Waals surface area contributed by atoms with Gasteiger partial charge in [0.2, 0.25) is 5.91 Å². The molecule has 104 valence electrons. The van der Waals surface area contributed by atoms with E-state index in [0.717, 1.165) is 12.8 Å². The SMILES string of the molecule is CCCCC(=O)NCCNC(=O)c1ccc(Cl)cc1. The smallest absolute Gasteiger partial charge is 0.251 e. The van der Waals surface area contributed by atoms with Gasteiger partial charge in [0, 0.05) is 30.1 Å². The quantitative estimate of drug-likeness (QED) is 0.755. The fourth-order valence-electron chi connectivity index (χ4n) is 1.51. The predicted octanol–water partition coefficient (Wildman–Crippen LogP) is 2.38. The number of halogens is 1. The van der Waals surface area contributed by atoms with E-state index in [-0.39, 0.29) is 11.8 Å². The van der Waals surface area contributed by atoms with E-state index in [4.69, 9.17) is 11.6 Å². The van der Waals surface area contributed by atoms with Crippen LogP contribution in [-0.4, -0.2) is 24.9 Å². The first kappa shape index (κ1) is 15.5. The molecule has 0 radical (unpaired) electrons. The molecule has 1 aromatic rings. The molecular weight excluding hydrogens is 264 g/mol.